The molecule has 140 valence electrons. The van der Waals surface area contributed by atoms with Crippen molar-refractivity contribution >= 4 is 11.6 Å². The number of anilines is 1. The lowest BCUT2D eigenvalue weighted by Gasteiger charge is -2.40. The molecule has 0 spiro atoms. The molecule has 1 aliphatic carbocycles. The van der Waals surface area contributed by atoms with Gasteiger partial charge in [-0.15, -0.1) is 0 Å². The molecule has 0 bridgehead atoms. The van der Waals surface area contributed by atoms with Crippen molar-refractivity contribution in [3.63, 3.8) is 0 Å². The lowest BCUT2D eigenvalue weighted by molar-refractivity contribution is -0.135. The molecule has 3 rings (SSSR count). The first-order chi connectivity index (χ1) is 12.6. The Morgan fingerprint density at radius 3 is 2.58 bits per heavy atom. The lowest BCUT2D eigenvalue weighted by Crippen LogP contribution is -2.53. The van der Waals surface area contributed by atoms with Crippen LogP contribution in [0.3, 0.4) is 0 Å². The van der Waals surface area contributed by atoms with Crippen LogP contribution in [0.25, 0.3) is 0 Å². The van der Waals surface area contributed by atoms with Crippen molar-refractivity contribution in [2.24, 2.45) is 0 Å². The molecule has 1 N–H and O–H groups in total. The number of hydrogen-bond acceptors (Lipinski definition) is 5. The van der Waals surface area contributed by atoms with Crippen molar-refractivity contribution < 1.29 is 14.3 Å². The van der Waals surface area contributed by atoms with Gasteiger partial charge in [-0.2, -0.15) is 5.26 Å². The van der Waals surface area contributed by atoms with Gasteiger partial charge in [0, 0.05) is 25.2 Å². The number of nitriles is 1. The summed E-state index contributed by atoms with van der Waals surface area (Å²) in [5, 5.41) is 12.9. The number of carbonyl (C=O) groups excluding carboxylic acids is 1. The van der Waals surface area contributed by atoms with Crippen molar-refractivity contribution in [3.8, 4) is 17.6 Å². The lowest BCUT2D eigenvalue weighted by atomic mass is 9.81. The highest BCUT2D eigenvalue weighted by molar-refractivity contribution is 5.85. The van der Waals surface area contributed by atoms with Gasteiger partial charge in [0.05, 0.1) is 19.3 Å². The molecule has 1 atom stereocenters. The summed E-state index contributed by atoms with van der Waals surface area (Å²) in [7, 11) is 1.75. The molecule has 6 heteroatoms. The number of nitrogens with one attached hydrogen (secondary N) is 1. The van der Waals surface area contributed by atoms with E-state index in [9.17, 15) is 10.1 Å². The van der Waals surface area contributed by atoms with E-state index < -0.39 is 11.6 Å². The highest BCUT2D eigenvalue weighted by atomic mass is 16.5. The van der Waals surface area contributed by atoms with Gasteiger partial charge in [0.2, 0.25) is 5.91 Å². The SMILES string of the molecule is CC(Nc1ccc2c(c1)OCCCO2)C(=O)N(C)C1(C#N)CCCCC1. The van der Waals surface area contributed by atoms with Crippen LogP contribution in [0, 0.1) is 11.3 Å². The average Bonchev–Trinajstić information content (AvgIpc) is 2.92. The number of ether oxygens (including phenoxy) is 2. The summed E-state index contributed by atoms with van der Waals surface area (Å²) in [5.74, 6) is 1.36. The summed E-state index contributed by atoms with van der Waals surface area (Å²) in [6, 6.07) is 7.59. The molecular formula is C20H27N3O3. The Bertz CT molecular complexity index is 692. The van der Waals surface area contributed by atoms with Gasteiger partial charge in [0.1, 0.15) is 11.6 Å². The minimum atomic E-state index is -0.671. The Labute approximate surface area is 155 Å². The van der Waals surface area contributed by atoms with Gasteiger partial charge in [-0.25, -0.2) is 0 Å². The molecule has 1 fully saturated rings. The molecule has 2 aliphatic rings. The van der Waals surface area contributed by atoms with Crippen molar-refractivity contribution in [1.29, 1.82) is 5.26 Å². The number of likely N-dealkylation sites (N-methyl/N-ethyl adjacent to an activating group) is 1. The molecule has 0 aromatic heterocycles. The molecule has 1 aromatic rings. The molecule has 1 aliphatic heterocycles. The number of fused-ring (bicyclic) bond motifs is 1. The van der Waals surface area contributed by atoms with Gasteiger partial charge in [0.25, 0.3) is 0 Å². The maximum Gasteiger partial charge on any atom is 0.245 e. The smallest absolute Gasteiger partial charge is 0.245 e. The summed E-state index contributed by atoms with van der Waals surface area (Å²) in [6.07, 6.45) is 5.49. The molecule has 1 unspecified atom stereocenters. The van der Waals surface area contributed by atoms with Crippen LogP contribution in [0.2, 0.25) is 0 Å². The zero-order valence-electron chi connectivity index (χ0n) is 15.6. The Balaban J connectivity index is 1.69. The van der Waals surface area contributed by atoms with Gasteiger partial charge in [-0.1, -0.05) is 19.3 Å². The summed E-state index contributed by atoms with van der Waals surface area (Å²) in [6.45, 7) is 3.10. The zero-order chi connectivity index (χ0) is 18.6. The summed E-state index contributed by atoms with van der Waals surface area (Å²) >= 11 is 0. The first-order valence-corrected chi connectivity index (χ1v) is 9.41. The van der Waals surface area contributed by atoms with Gasteiger partial charge in [-0.05, 0) is 31.9 Å². The minimum absolute atomic E-state index is 0.0689. The molecule has 1 amide bonds. The fourth-order valence-electron chi connectivity index (χ4n) is 3.73. The fraction of sp³-hybridized carbons (Fsp3) is 0.600. The highest BCUT2D eigenvalue weighted by Gasteiger charge is 2.40. The van der Waals surface area contributed by atoms with Crippen LogP contribution in [0.15, 0.2) is 18.2 Å². The third-order valence-corrected chi connectivity index (χ3v) is 5.36. The number of amides is 1. The maximum absolute atomic E-state index is 12.9. The van der Waals surface area contributed by atoms with Crippen molar-refractivity contribution in [2.75, 3.05) is 25.6 Å². The largest absolute Gasteiger partial charge is 0.490 e. The van der Waals surface area contributed by atoms with Crippen LogP contribution in [-0.2, 0) is 4.79 Å². The van der Waals surface area contributed by atoms with Crippen molar-refractivity contribution in [3.05, 3.63) is 18.2 Å². The molecule has 0 radical (unpaired) electrons. The third kappa shape index (κ3) is 3.72. The summed E-state index contributed by atoms with van der Waals surface area (Å²) in [4.78, 5) is 14.6. The Morgan fingerprint density at radius 2 is 1.88 bits per heavy atom. The topological polar surface area (TPSA) is 74.6 Å². The number of rotatable bonds is 4. The van der Waals surface area contributed by atoms with Gasteiger partial charge >= 0.3 is 0 Å². The number of hydrogen-bond donors (Lipinski definition) is 1. The zero-order valence-corrected chi connectivity index (χ0v) is 15.6. The Kier molecular flexibility index (Phi) is 5.55. The monoisotopic (exact) mass is 357 g/mol. The van der Waals surface area contributed by atoms with Crippen LogP contribution < -0.4 is 14.8 Å². The second-order valence-electron chi connectivity index (χ2n) is 7.18. The standard InChI is InChI=1S/C20H27N3O3/c1-15(19(24)23(2)20(14-21)9-4-3-5-10-20)22-16-7-8-17-18(13-16)26-12-6-11-25-17/h7-8,13,15,22H,3-6,9-12H2,1-2H3. The normalized spacial score (nSPS) is 19.6. The van der Waals surface area contributed by atoms with Crippen LogP contribution in [-0.4, -0.2) is 42.6 Å². The highest BCUT2D eigenvalue weighted by Crippen LogP contribution is 2.34. The first kappa shape index (κ1) is 18.4. The van der Waals surface area contributed by atoms with Crippen LogP contribution >= 0.6 is 0 Å². The molecule has 1 heterocycles. The van der Waals surface area contributed by atoms with Crippen LogP contribution in [0.5, 0.6) is 11.5 Å². The van der Waals surface area contributed by atoms with E-state index in [1.807, 2.05) is 25.1 Å². The molecule has 26 heavy (non-hydrogen) atoms. The van der Waals surface area contributed by atoms with E-state index in [1.165, 1.54) is 0 Å². The van der Waals surface area contributed by atoms with E-state index in [1.54, 1.807) is 11.9 Å². The van der Waals surface area contributed by atoms with E-state index in [0.29, 0.717) is 19.0 Å². The first-order valence-electron chi connectivity index (χ1n) is 9.41. The number of carbonyl (C=O) groups is 1. The van der Waals surface area contributed by atoms with Crippen molar-refractivity contribution in [2.45, 2.75) is 57.0 Å². The average molecular weight is 357 g/mol. The molecule has 1 aromatic carbocycles. The Hall–Kier alpha value is -2.42. The van der Waals surface area contributed by atoms with Crippen molar-refractivity contribution in [1.82, 2.24) is 4.90 Å². The van der Waals surface area contributed by atoms with Crippen LogP contribution in [0.4, 0.5) is 5.69 Å². The maximum atomic E-state index is 12.9. The number of nitrogens with zero attached hydrogens (tertiary/aromatic N) is 2. The predicted molar refractivity (Wildman–Crippen MR) is 99.3 cm³/mol. The van der Waals surface area contributed by atoms with Gasteiger partial charge < -0.3 is 19.7 Å². The predicted octanol–water partition coefficient (Wildman–Crippen LogP) is 3.33. The molecule has 1 saturated carbocycles. The fourth-order valence-corrected chi connectivity index (χ4v) is 3.73. The summed E-state index contributed by atoms with van der Waals surface area (Å²) in [5.41, 5.74) is 0.133. The van der Waals surface area contributed by atoms with E-state index >= 15 is 0 Å². The molecule has 0 saturated heterocycles. The molecular weight excluding hydrogens is 330 g/mol. The van der Waals surface area contributed by atoms with E-state index in [-0.39, 0.29) is 5.91 Å². The second-order valence-corrected chi connectivity index (χ2v) is 7.18. The third-order valence-electron chi connectivity index (χ3n) is 5.36. The van der Waals surface area contributed by atoms with E-state index in [0.717, 1.165) is 50.0 Å². The quantitative estimate of drug-likeness (QED) is 0.894. The minimum Gasteiger partial charge on any atom is -0.490 e. The van der Waals surface area contributed by atoms with Gasteiger partial charge in [0.15, 0.2) is 11.5 Å². The van der Waals surface area contributed by atoms with E-state index in [4.69, 9.17) is 9.47 Å². The van der Waals surface area contributed by atoms with E-state index in [2.05, 4.69) is 11.4 Å². The summed E-state index contributed by atoms with van der Waals surface area (Å²) < 4.78 is 11.3. The molecule has 6 nitrogen and oxygen atoms in total. The number of benzene rings is 1. The van der Waals surface area contributed by atoms with Gasteiger partial charge in [-0.3, -0.25) is 4.79 Å². The Morgan fingerprint density at radius 1 is 1.19 bits per heavy atom. The van der Waals surface area contributed by atoms with Crippen LogP contribution in [0.1, 0.15) is 45.4 Å². The second kappa shape index (κ2) is 7.86.